The standard InChI is InChI=1S/C40H38N10O6/c1-39(25-41,19-15-37(53)55-21-17-27-11-13-35(51)33(23-27)49-43-29-7-3-4-8-30(29)44-49)47-48-40(2,26-42)20-16-38(54)56-22-18-28-12-14-36(52)34(24-28)50-45-31-9-5-6-10-32(31)46-50/h3-14,23-24,51-52H,15-22H2,1-2H3. The normalized spacial score (nSPS) is 13.5. The maximum atomic E-state index is 12.6. The number of phenolic OH excluding ortho intramolecular Hbond substituents is 2. The molecule has 2 heterocycles. The number of phenols is 2. The Morgan fingerprint density at radius 1 is 0.643 bits per heavy atom. The van der Waals surface area contributed by atoms with Crippen LogP contribution in [0.25, 0.3) is 33.4 Å². The van der Waals surface area contributed by atoms with E-state index in [1.165, 1.54) is 35.6 Å². The summed E-state index contributed by atoms with van der Waals surface area (Å²) in [7, 11) is 0. The number of fused-ring (bicyclic) bond motifs is 2. The van der Waals surface area contributed by atoms with Crippen LogP contribution < -0.4 is 0 Å². The van der Waals surface area contributed by atoms with Gasteiger partial charge in [-0.2, -0.15) is 20.8 Å². The fourth-order valence-corrected chi connectivity index (χ4v) is 5.58. The number of carbonyl (C=O) groups excluding carboxylic acids is 2. The predicted octanol–water partition coefficient (Wildman–Crippen LogP) is 6.01. The Morgan fingerprint density at radius 3 is 1.34 bits per heavy atom. The molecule has 6 aromatic rings. The van der Waals surface area contributed by atoms with Gasteiger partial charge in [0.05, 0.1) is 25.4 Å². The molecule has 56 heavy (non-hydrogen) atoms. The maximum absolute atomic E-state index is 12.6. The van der Waals surface area contributed by atoms with Gasteiger partial charge in [-0.15, -0.1) is 30.0 Å². The highest BCUT2D eigenvalue weighted by Crippen LogP contribution is 2.26. The van der Waals surface area contributed by atoms with Crippen molar-refractivity contribution in [1.82, 2.24) is 30.0 Å². The average Bonchev–Trinajstić information content (AvgIpc) is 3.85. The van der Waals surface area contributed by atoms with Gasteiger partial charge in [0, 0.05) is 25.7 Å². The highest BCUT2D eigenvalue weighted by Gasteiger charge is 2.30. The van der Waals surface area contributed by atoms with Gasteiger partial charge < -0.3 is 19.7 Å². The molecule has 0 saturated heterocycles. The van der Waals surface area contributed by atoms with Crippen LogP contribution in [-0.2, 0) is 31.9 Å². The van der Waals surface area contributed by atoms with Crippen LogP contribution in [0.15, 0.2) is 95.2 Å². The van der Waals surface area contributed by atoms with E-state index in [9.17, 15) is 30.3 Å². The van der Waals surface area contributed by atoms with Gasteiger partial charge in [-0.25, -0.2) is 0 Å². The second-order valence-electron chi connectivity index (χ2n) is 13.5. The summed E-state index contributed by atoms with van der Waals surface area (Å²) in [6, 6.07) is 28.7. The van der Waals surface area contributed by atoms with Gasteiger partial charge in [0.2, 0.25) is 0 Å². The number of ether oxygens (including phenoxy) is 2. The molecule has 0 amide bonds. The van der Waals surface area contributed by atoms with E-state index in [4.69, 9.17) is 9.47 Å². The van der Waals surface area contributed by atoms with E-state index < -0.39 is 23.0 Å². The Balaban J connectivity index is 0.939. The Labute approximate surface area is 321 Å². The summed E-state index contributed by atoms with van der Waals surface area (Å²) in [6.07, 6.45) is 0.447. The van der Waals surface area contributed by atoms with Gasteiger partial charge in [0.15, 0.2) is 11.1 Å². The van der Waals surface area contributed by atoms with Crippen molar-refractivity contribution < 1.29 is 29.3 Å². The summed E-state index contributed by atoms with van der Waals surface area (Å²) in [5.74, 6) is -1.08. The summed E-state index contributed by atoms with van der Waals surface area (Å²) in [6.45, 7) is 3.11. The average molecular weight is 755 g/mol. The maximum Gasteiger partial charge on any atom is 0.305 e. The zero-order chi connectivity index (χ0) is 39.7. The highest BCUT2D eigenvalue weighted by atomic mass is 16.5. The second kappa shape index (κ2) is 16.9. The number of rotatable bonds is 16. The van der Waals surface area contributed by atoms with E-state index in [1.54, 1.807) is 24.3 Å². The van der Waals surface area contributed by atoms with Crippen molar-refractivity contribution in [1.29, 1.82) is 10.5 Å². The fourth-order valence-electron chi connectivity index (χ4n) is 5.58. The number of aromatic nitrogens is 6. The number of nitrogens with zero attached hydrogens (tertiary/aromatic N) is 10. The van der Waals surface area contributed by atoms with Gasteiger partial charge in [-0.1, -0.05) is 36.4 Å². The number of hydrogen-bond donors (Lipinski definition) is 2. The molecule has 0 spiro atoms. The molecule has 0 bridgehead atoms. The van der Waals surface area contributed by atoms with Crippen molar-refractivity contribution in [2.24, 2.45) is 10.2 Å². The Kier molecular flexibility index (Phi) is 11.6. The zero-order valence-corrected chi connectivity index (χ0v) is 30.7. The first-order valence-corrected chi connectivity index (χ1v) is 17.8. The molecule has 0 fully saturated rings. The third-order valence-electron chi connectivity index (χ3n) is 9.00. The van der Waals surface area contributed by atoms with Gasteiger partial charge in [0.25, 0.3) is 0 Å². The molecule has 2 aromatic heterocycles. The molecule has 0 aliphatic carbocycles. The fraction of sp³-hybridized carbons (Fsp3) is 0.300. The molecule has 2 N–H and O–H groups in total. The van der Waals surface area contributed by atoms with Crippen LogP contribution >= 0.6 is 0 Å². The van der Waals surface area contributed by atoms with E-state index in [0.717, 1.165) is 11.1 Å². The molecule has 0 saturated carbocycles. The molecule has 0 radical (unpaired) electrons. The van der Waals surface area contributed by atoms with Crippen LogP contribution in [0.1, 0.15) is 50.7 Å². The second-order valence-corrected chi connectivity index (χ2v) is 13.5. The largest absolute Gasteiger partial charge is 0.506 e. The molecule has 2 unspecified atom stereocenters. The monoisotopic (exact) mass is 754 g/mol. The van der Waals surface area contributed by atoms with Crippen molar-refractivity contribution in [2.75, 3.05) is 13.2 Å². The lowest BCUT2D eigenvalue weighted by Gasteiger charge is -2.19. The summed E-state index contributed by atoms with van der Waals surface area (Å²) in [5, 5.41) is 66.4. The first-order valence-electron chi connectivity index (χ1n) is 17.8. The van der Waals surface area contributed by atoms with Crippen molar-refractivity contribution >= 4 is 34.0 Å². The quantitative estimate of drug-likeness (QED) is 0.0855. The van der Waals surface area contributed by atoms with Crippen molar-refractivity contribution in [3.63, 3.8) is 0 Å². The van der Waals surface area contributed by atoms with Crippen LogP contribution in [-0.4, -0.2) is 76.4 Å². The molecule has 16 heteroatoms. The zero-order valence-electron chi connectivity index (χ0n) is 30.7. The molecule has 284 valence electrons. The number of aromatic hydroxyl groups is 2. The topological polar surface area (TPSA) is 227 Å². The van der Waals surface area contributed by atoms with E-state index in [0.29, 0.717) is 46.3 Å². The van der Waals surface area contributed by atoms with Gasteiger partial charge >= 0.3 is 11.9 Å². The Morgan fingerprint density at radius 2 is 1.00 bits per heavy atom. The van der Waals surface area contributed by atoms with E-state index in [2.05, 4.69) is 30.6 Å². The smallest absolute Gasteiger partial charge is 0.305 e. The summed E-state index contributed by atoms with van der Waals surface area (Å²) in [4.78, 5) is 27.9. The lowest BCUT2D eigenvalue weighted by molar-refractivity contribution is -0.144. The van der Waals surface area contributed by atoms with E-state index in [-0.39, 0.29) is 50.4 Å². The number of benzene rings is 4. The summed E-state index contributed by atoms with van der Waals surface area (Å²) >= 11 is 0. The summed E-state index contributed by atoms with van der Waals surface area (Å²) in [5.41, 5.74) is 2.22. The Bertz CT molecular complexity index is 2260. The third kappa shape index (κ3) is 9.47. The van der Waals surface area contributed by atoms with Gasteiger partial charge in [0.1, 0.15) is 44.9 Å². The minimum absolute atomic E-state index is 0.000975. The third-order valence-corrected chi connectivity index (χ3v) is 9.00. The van der Waals surface area contributed by atoms with Crippen LogP contribution in [0.3, 0.4) is 0 Å². The summed E-state index contributed by atoms with van der Waals surface area (Å²) < 4.78 is 10.8. The lowest BCUT2D eigenvalue weighted by Crippen LogP contribution is -2.25. The number of azo groups is 1. The molecular weight excluding hydrogens is 717 g/mol. The lowest BCUT2D eigenvalue weighted by atomic mass is 9.97. The van der Waals surface area contributed by atoms with Crippen molar-refractivity contribution in [2.45, 2.75) is 63.5 Å². The number of nitriles is 2. The minimum atomic E-state index is -1.43. The highest BCUT2D eigenvalue weighted by molar-refractivity contribution is 5.74. The molecule has 16 nitrogen and oxygen atoms in total. The minimum Gasteiger partial charge on any atom is -0.506 e. The van der Waals surface area contributed by atoms with Crippen LogP contribution in [0, 0.1) is 22.7 Å². The van der Waals surface area contributed by atoms with Crippen molar-refractivity contribution in [3.05, 3.63) is 96.1 Å². The van der Waals surface area contributed by atoms with Crippen LogP contribution in [0.4, 0.5) is 0 Å². The molecular formula is C40H38N10O6. The number of hydrogen-bond acceptors (Lipinski definition) is 14. The molecule has 2 atom stereocenters. The predicted molar refractivity (Wildman–Crippen MR) is 202 cm³/mol. The van der Waals surface area contributed by atoms with Crippen LogP contribution in [0.5, 0.6) is 11.5 Å². The first-order chi connectivity index (χ1) is 27.0. The van der Waals surface area contributed by atoms with Gasteiger partial charge in [-0.05, 0) is 86.3 Å². The molecule has 4 aromatic carbocycles. The van der Waals surface area contributed by atoms with Crippen LogP contribution in [0.2, 0.25) is 0 Å². The number of carbonyl (C=O) groups is 2. The molecule has 6 rings (SSSR count). The molecule has 0 aliphatic heterocycles. The SMILES string of the molecule is CC(C#N)(CCC(=O)OCCc1ccc(O)c(-n2nc3ccccc3n2)c1)N=NC(C)(C#N)CCC(=O)OCCc1ccc(O)c(-n2nc3ccccc3n2)c1. The Hall–Kier alpha value is -7.20. The van der Waals surface area contributed by atoms with Crippen molar-refractivity contribution in [3.8, 4) is 35.0 Å². The van der Waals surface area contributed by atoms with Gasteiger partial charge in [-0.3, -0.25) is 9.59 Å². The van der Waals surface area contributed by atoms with E-state index in [1.807, 2.05) is 60.7 Å². The van der Waals surface area contributed by atoms with E-state index >= 15 is 0 Å². The first kappa shape index (κ1) is 38.5. The number of esters is 2. The molecule has 0 aliphatic rings.